The van der Waals surface area contributed by atoms with Crippen LogP contribution >= 0.6 is 11.8 Å². The van der Waals surface area contributed by atoms with Gasteiger partial charge in [0.15, 0.2) is 5.17 Å². The molecule has 1 aliphatic heterocycles. The van der Waals surface area contributed by atoms with Crippen LogP contribution in [0.5, 0.6) is 0 Å². The Bertz CT molecular complexity index is 866. The first-order valence-corrected chi connectivity index (χ1v) is 8.62. The summed E-state index contributed by atoms with van der Waals surface area (Å²) >= 11 is 1.16. The van der Waals surface area contributed by atoms with Crippen molar-refractivity contribution in [1.82, 2.24) is 5.32 Å². The number of hydrogen-bond donors (Lipinski definition) is 2. The Labute approximate surface area is 153 Å². The Hall–Kier alpha value is -3.13. The molecule has 26 heavy (non-hydrogen) atoms. The lowest BCUT2D eigenvalue weighted by Gasteiger charge is -2.07. The highest BCUT2D eigenvalue weighted by molar-refractivity contribution is 8.15. The molecule has 0 spiro atoms. The number of amides is 2. The van der Waals surface area contributed by atoms with Crippen molar-refractivity contribution in [1.29, 1.82) is 0 Å². The number of nitrogens with one attached hydrogen (secondary N) is 2. The van der Waals surface area contributed by atoms with E-state index in [-0.39, 0.29) is 23.8 Å². The summed E-state index contributed by atoms with van der Waals surface area (Å²) in [6, 6.07) is 14.8. The highest BCUT2D eigenvalue weighted by Crippen LogP contribution is 2.25. The number of aromatic carboxylic acids is 1. The summed E-state index contributed by atoms with van der Waals surface area (Å²) in [4.78, 5) is 39.1. The molecule has 1 aliphatic rings. The number of aliphatic imine (C=N–C) groups is 1. The molecule has 0 unspecified atom stereocenters. The van der Waals surface area contributed by atoms with Gasteiger partial charge in [0, 0.05) is 12.1 Å². The van der Waals surface area contributed by atoms with E-state index < -0.39 is 11.2 Å². The SMILES string of the molecule is O=C(C[C@@H]1SC(=Nc2ccc(C(=O)[O-])cc2)NC1=O)Nc1ccccc1. The van der Waals surface area contributed by atoms with Crippen molar-refractivity contribution >= 4 is 46.1 Å². The van der Waals surface area contributed by atoms with Crippen LogP contribution in [0.15, 0.2) is 59.6 Å². The van der Waals surface area contributed by atoms with Crippen LogP contribution in [0.2, 0.25) is 0 Å². The van der Waals surface area contributed by atoms with Gasteiger partial charge in [-0.25, -0.2) is 4.99 Å². The van der Waals surface area contributed by atoms with E-state index in [2.05, 4.69) is 15.6 Å². The zero-order valence-corrected chi connectivity index (χ0v) is 14.3. The fraction of sp³-hybridized carbons (Fsp3) is 0.111. The zero-order valence-electron chi connectivity index (χ0n) is 13.5. The molecule has 0 aliphatic carbocycles. The lowest BCUT2D eigenvalue weighted by atomic mass is 10.2. The van der Waals surface area contributed by atoms with E-state index in [1.807, 2.05) is 18.2 Å². The molecule has 2 amide bonds. The van der Waals surface area contributed by atoms with E-state index in [1.165, 1.54) is 24.3 Å². The number of hydrogen-bond acceptors (Lipinski definition) is 6. The summed E-state index contributed by atoms with van der Waals surface area (Å²) in [5, 5.41) is 15.9. The third-order valence-corrected chi connectivity index (χ3v) is 4.62. The fourth-order valence-electron chi connectivity index (χ4n) is 2.28. The molecule has 1 heterocycles. The van der Waals surface area contributed by atoms with Gasteiger partial charge in [0.2, 0.25) is 11.8 Å². The van der Waals surface area contributed by atoms with E-state index in [1.54, 1.807) is 12.1 Å². The van der Waals surface area contributed by atoms with Crippen LogP contribution in [0.3, 0.4) is 0 Å². The third kappa shape index (κ3) is 4.48. The van der Waals surface area contributed by atoms with Crippen LogP contribution in [0.1, 0.15) is 16.8 Å². The lowest BCUT2D eigenvalue weighted by Crippen LogP contribution is -2.28. The molecule has 2 N–H and O–H groups in total. The number of para-hydroxylation sites is 1. The van der Waals surface area contributed by atoms with Crippen molar-refractivity contribution in [2.24, 2.45) is 4.99 Å². The summed E-state index contributed by atoms with van der Waals surface area (Å²) in [6.07, 6.45) is 0.0219. The number of rotatable bonds is 5. The second-order valence-corrected chi connectivity index (χ2v) is 6.66. The van der Waals surface area contributed by atoms with Gasteiger partial charge in [0.25, 0.3) is 0 Å². The van der Waals surface area contributed by atoms with Crippen molar-refractivity contribution in [3.05, 3.63) is 60.2 Å². The zero-order chi connectivity index (χ0) is 18.5. The van der Waals surface area contributed by atoms with Gasteiger partial charge in [0.05, 0.1) is 11.7 Å². The minimum absolute atomic E-state index is 0.0219. The van der Waals surface area contributed by atoms with Crippen LogP contribution in [0.4, 0.5) is 11.4 Å². The summed E-state index contributed by atoms with van der Waals surface area (Å²) in [7, 11) is 0. The van der Waals surface area contributed by atoms with E-state index >= 15 is 0 Å². The first-order chi connectivity index (χ1) is 12.5. The lowest BCUT2D eigenvalue weighted by molar-refractivity contribution is -0.255. The summed E-state index contributed by atoms with van der Waals surface area (Å²) in [5.41, 5.74) is 1.21. The maximum absolute atomic E-state index is 12.1. The second kappa shape index (κ2) is 7.83. The topological polar surface area (TPSA) is 111 Å². The number of carbonyl (C=O) groups excluding carboxylic acids is 3. The van der Waals surface area contributed by atoms with Crippen LogP contribution < -0.4 is 15.7 Å². The molecule has 1 atom stereocenters. The van der Waals surface area contributed by atoms with E-state index in [9.17, 15) is 19.5 Å². The summed E-state index contributed by atoms with van der Waals surface area (Å²) < 4.78 is 0. The van der Waals surface area contributed by atoms with Crippen molar-refractivity contribution < 1.29 is 19.5 Å². The molecule has 132 valence electrons. The highest BCUT2D eigenvalue weighted by atomic mass is 32.2. The first kappa shape index (κ1) is 17.7. The van der Waals surface area contributed by atoms with Crippen LogP contribution in [0, 0.1) is 0 Å². The first-order valence-electron chi connectivity index (χ1n) is 7.74. The molecular weight excluding hydrogens is 354 g/mol. The molecule has 7 nitrogen and oxygen atoms in total. The largest absolute Gasteiger partial charge is 0.545 e. The van der Waals surface area contributed by atoms with Gasteiger partial charge in [-0.05, 0) is 29.8 Å². The fourth-order valence-corrected chi connectivity index (χ4v) is 3.27. The van der Waals surface area contributed by atoms with Gasteiger partial charge in [-0.3, -0.25) is 9.59 Å². The van der Waals surface area contributed by atoms with E-state index in [0.29, 0.717) is 16.5 Å². The Kier molecular flexibility index (Phi) is 5.33. The Morgan fingerprint density at radius 1 is 1.12 bits per heavy atom. The number of carbonyl (C=O) groups is 3. The van der Waals surface area contributed by atoms with Gasteiger partial charge in [-0.2, -0.15) is 0 Å². The highest BCUT2D eigenvalue weighted by Gasteiger charge is 2.32. The van der Waals surface area contributed by atoms with Gasteiger partial charge < -0.3 is 20.5 Å². The number of anilines is 1. The predicted molar refractivity (Wildman–Crippen MR) is 97.1 cm³/mol. The summed E-state index contributed by atoms with van der Waals surface area (Å²) in [5.74, 6) is -1.82. The minimum atomic E-state index is -1.27. The molecular formula is C18H14N3O4S-. The number of amidine groups is 1. The quantitative estimate of drug-likeness (QED) is 0.826. The van der Waals surface area contributed by atoms with Crippen LogP contribution in [0.25, 0.3) is 0 Å². The average Bonchev–Trinajstić information content (AvgIpc) is 2.95. The number of thioether (sulfide) groups is 1. The maximum Gasteiger partial charge on any atom is 0.240 e. The van der Waals surface area contributed by atoms with Crippen LogP contribution in [-0.2, 0) is 9.59 Å². The second-order valence-electron chi connectivity index (χ2n) is 5.47. The molecule has 1 fully saturated rings. The summed E-state index contributed by atoms with van der Waals surface area (Å²) in [6.45, 7) is 0. The number of nitrogens with zero attached hydrogens (tertiary/aromatic N) is 1. The molecule has 8 heteroatoms. The van der Waals surface area contributed by atoms with Gasteiger partial charge in [-0.15, -0.1) is 0 Å². The predicted octanol–water partition coefficient (Wildman–Crippen LogP) is 1.30. The molecule has 0 aromatic heterocycles. The Morgan fingerprint density at radius 3 is 2.46 bits per heavy atom. The van der Waals surface area contributed by atoms with Crippen LogP contribution in [-0.4, -0.2) is 28.2 Å². The Morgan fingerprint density at radius 2 is 1.81 bits per heavy atom. The minimum Gasteiger partial charge on any atom is -0.545 e. The van der Waals surface area contributed by atoms with E-state index in [0.717, 1.165) is 11.8 Å². The smallest absolute Gasteiger partial charge is 0.240 e. The van der Waals surface area contributed by atoms with Crippen molar-refractivity contribution in [2.75, 3.05) is 5.32 Å². The standard InChI is InChI=1S/C18H15N3O4S/c22-15(19-12-4-2-1-3-5-12)10-14-16(23)21-18(26-14)20-13-8-6-11(7-9-13)17(24)25/h1-9,14H,10H2,(H,19,22)(H,24,25)(H,20,21,23)/p-1/t14-/m0/s1. The molecule has 0 bridgehead atoms. The average molecular weight is 368 g/mol. The number of benzene rings is 2. The van der Waals surface area contributed by atoms with Crippen molar-refractivity contribution in [2.45, 2.75) is 11.7 Å². The molecule has 0 radical (unpaired) electrons. The van der Waals surface area contributed by atoms with Gasteiger partial charge >= 0.3 is 0 Å². The van der Waals surface area contributed by atoms with Gasteiger partial charge in [-0.1, -0.05) is 42.1 Å². The van der Waals surface area contributed by atoms with Crippen molar-refractivity contribution in [3.63, 3.8) is 0 Å². The van der Waals surface area contributed by atoms with E-state index in [4.69, 9.17) is 0 Å². The maximum atomic E-state index is 12.1. The number of carboxylic acids is 1. The number of carboxylic acid groups (broad SMARTS) is 1. The normalized spacial score (nSPS) is 17.8. The van der Waals surface area contributed by atoms with Crippen molar-refractivity contribution in [3.8, 4) is 0 Å². The molecule has 3 rings (SSSR count). The molecule has 2 aromatic carbocycles. The Balaban J connectivity index is 1.61. The van der Waals surface area contributed by atoms with Gasteiger partial charge in [0.1, 0.15) is 5.25 Å². The molecule has 0 saturated carbocycles. The molecule has 2 aromatic rings. The molecule has 1 saturated heterocycles. The monoisotopic (exact) mass is 368 g/mol. The third-order valence-electron chi connectivity index (χ3n) is 3.54.